The minimum Gasteiger partial charge on any atom is -0.493 e. The second kappa shape index (κ2) is 12.2. The highest BCUT2D eigenvalue weighted by molar-refractivity contribution is 9.10. The van der Waals surface area contributed by atoms with Gasteiger partial charge in [-0.25, -0.2) is 0 Å². The average Bonchev–Trinajstić information content (AvgIpc) is 2.52. The van der Waals surface area contributed by atoms with Crippen LogP contribution in [0.5, 0.6) is 11.5 Å². The van der Waals surface area contributed by atoms with Crippen LogP contribution in [0.1, 0.15) is 5.56 Å². The minimum absolute atomic E-state index is 0. The second-order valence-corrected chi connectivity index (χ2v) is 5.80. The van der Waals surface area contributed by atoms with Crippen LogP contribution in [0.2, 0.25) is 0 Å². The van der Waals surface area contributed by atoms with Gasteiger partial charge in [0.15, 0.2) is 11.5 Å². The van der Waals surface area contributed by atoms with Crippen molar-refractivity contribution in [3.05, 3.63) is 22.2 Å². The van der Waals surface area contributed by atoms with Crippen molar-refractivity contribution in [2.24, 2.45) is 0 Å². The molecule has 5 nitrogen and oxygen atoms in total. The molecule has 1 aromatic carbocycles. The molecular formula is C15H25BrCl2N2O3. The van der Waals surface area contributed by atoms with Crippen LogP contribution in [-0.2, 0) is 11.3 Å². The first-order chi connectivity index (χ1) is 10.2. The van der Waals surface area contributed by atoms with E-state index in [1.165, 1.54) is 5.56 Å². The fraction of sp³-hybridized carbons (Fsp3) is 0.600. The maximum atomic E-state index is 5.35. The Labute approximate surface area is 159 Å². The molecule has 1 aromatic rings. The van der Waals surface area contributed by atoms with E-state index in [4.69, 9.17) is 14.2 Å². The summed E-state index contributed by atoms with van der Waals surface area (Å²) in [6, 6.07) is 4.06. The van der Waals surface area contributed by atoms with Gasteiger partial charge in [-0.05, 0) is 33.6 Å². The molecule has 0 aliphatic carbocycles. The molecule has 0 amide bonds. The lowest BCUT2D eigenvalue weighted by Crippen LogP contribution is -2.40. The molecule has 134 valence electrons. The van der Waals surface area contributed by atoms with Gasteiger partial charge in [-0.3, -0.25) is 4.90 Å². The molecule has 0 radical (unpaired) electrons. The molecule has 1 N–H and O–H groups in total. The summed E-state index contributed by atoms with van der Waals surface area (Å²) in [6.07, 6.45) is 0. The Morgan fingerprint density at radius 3 is 2.48 bits per heavy atom. The molecule has 1 aliphatic rings. The summed E-state index contributed by atoms with van der Waals surface area (Å²) >= 11 is 3.52. The molecule has 1 aliphatic heterocycles. The topological polar surface area (TPSA) is 43.0 Å². The number of nitrogens with one attached hydrogen (secondary N) is 1. The Hall–Kier alpha value is -0.240. The van der Waals surface area contributed by atoms with Crippen LogP contribution >= 0.6 is 40.7 Å². The zero-order valence-corrected chi connectivity index (χ0v) is 16.7. The van der Waals surface area contributed by atoms with Crippen molar-refractivity contribution in [1.29, 1.82) is 0 Å². The maximum absolute atomic E-state index is 5.35. The third-order valence-electron chi connectivity index (χ3n) is 3.53. The quantitative estimate of drug-likeness (QED) is 0.672. The number of nitrogens with zero attached hydrogens (tertiary/aromatic N) is 1. The van der Waals surface area contributed by atoms with E-state index >= 15 is 0 Å². The number of rotatable bonds is 7. The zero-order valence-electron chi connectivity index (χ0n) is 13.5. The Morgan fingerprint density at radius 2 is 1.87 bits per heavy atom. The van der Waals surface area contributed by atoms with E-state index in [-0.39, 0.29) is 24.8 Å². The number of hydrogen-bond acceptors (Lipinski definition) is 5. The highest BCUT2D eigenvalue weighted by atomic mass is 79.9. The summed E-state index contributed by atoms with van der Waals surface area (Å²) in [4.78, 5) is 2.42. The lowest BCUT2D eigenvalue weighted by molar-refractivity contribution is 0.0384. The predicted molar refractivity (Wildman–Crippen MR) is 101 cm³/mol. The van der Waals surface area contributed by atoms with Crippen LogP contribution in [0.25, 0.3) is 0 Å². The molecule has 1 saturated heterocycles. The molecular weight excluding hydrogens is 407 g/mol. The van der Waals surface area contributed by atoms with Crippen LogP contribution in [0.15, 0.2) is 16.6 Å². The van der Waals surface area contributed by atoms with Crippen LogP contribution in [0.3, 0.4) is 0 Å². The van der Waals surface area contributed by atoms with Gasteiger partial charge < -0.3 is 19.5 Å². The van der Waals surface area contributed by atoms with E-state index in [9.17, 15) is 0 Å². The molecule has 0 spiro atoms. The van der Waals surface area contributed by atoms with Gasteiger partial charge in [-0.2, -0.15) is 0 Å². The van der Waals surface area contributed by atoms with Crippen LogP contribution in [0.4, 0.5) is 0 Å². The number of benzene rings is 1. The maximum Gasteiger partial charge on any atom is 0.174 e. The van der Waals surface area contributed by atoms with Crippen molar-refractivity contribution < 1.29 is 14.2 Å². The summed E-state index contributed by atoms with van der Waals surface area (Å²) in [5, 5.41) is 3.47. The highest BCUT2D eigenvalue weighted by Crippen LogP contribution is 2.36. The molecule has 0 bridgehead atoms. The van der Waals surface area contributed by atoms with Crippen LogP contribution in [-0.4, -0.2) is 58.5 Å². The fourth-order valence-electron chi connectivity index (χ4n) is 2.37. The van der Waals surface area contributed by atoms with Gasteiger partial charge in [0.05, 0.1) is 31.9 Å². The molecule has 0 unspecified atom stereocenters. The normalized spacial score (nSPS) is 14.6. The molecule has 1 heterocycles. The monoisotopic (exact) mass is 430 g/mol. The van der Waals surface area contributed by atoms with Gasteiger partial charge in [0.25, 0.3) is 0 Å². The van der Waals surface area contributed by atoms with Crippen LogP contribution in [0, 0.1) is 0 Å². The first-order valence-electron chi connectivity index (χ1n) is 7.16. The SMILES string of the molecule is COc1cc(CNCCN2CCOCC2)cc(Br)c1OC.Cl.Cl. The first kappa shape index (κ1) is 22.8. The van der Waals surface area contributed by atoms with Gasteiger partial charge in [0.1, 0.15) is 0 Å². The van der Waals surface area contributed by atoms with Gasteiger partial charge in [-0.1, -0.05) is 0 Å². The van der Waals surface area contributed by atoms with Gasteiger partial charge >= 0.3 is 0 Å². The molecule has 1 fully saturated rings. The zero-order chi connectivity index (χ0) is 15.1. The van der Waals surface area contributed by atoms with Crippen molar-refractivity contribution in [2.45, 2.75) is 6.54 Å². The Kier molecular flexibility index (Phi) is 12.0. The minimum atomic E-state index is 0. The molecule has 0 aromatic heterocycles. The molecule has 0 atom stereocenters. The molecule has 23 heavy (non-hydrogen) atoms. The van der Waals surface area contributed by atoms with Gasteiger partial charge in [-0.15, -0.1) is 24.8 Å². The number of morpholine rings is 1. The van der Waals surface area contributed by atoms with Crippen molar-refractivity contribution in [3.63, 3.8) is 0 Å². The fourth-order valence-corrected chi connectivity index (χ4v) is 3.02. The summed E-state index contributed by atoms with van der Waals surface area (Å²) in [7, 11) is 3.29. The second-order valence-electron chi connectivity index (χ2n) is 4.94. The first-order valence-corrected chi connectivity index (χ1v) is 7.95. The Bertz CT molecular complexity index is 461. The molecule has 8 heteroatoms. The lowest BCUT2D eigenvalue weighted by atomic mass is 10.2. The van der Waals surface area contributed by atoms with Crippen LogP contribution < -0.4 is 14.8 Å². The standard InChI is InChI=1S/C15H23BrN2O3.2ClH/c1-19-14-10-12(9-13(16)15(14)20-2)11-17-3-4-18-5-7-21-8-6-18;;/h9-10,17H,3-8,11H2,1-2H3;2*1H. The third-order valence-corrected chi connectivity index (χ3v) is 4.12. The van der Waals surface area contributed by atoms with Crippen molar-refractivity contribution in [3.8, 4) is 11.5 Å². The van der Waals surface area contributed by atoms with Crippen molar-refractivity contribution in [2.75, 3.05) is 53.6 Å². The summed E-state index contributed by atoms with van der Waals surface area (Å²) < 4.78 is 16.9. The number of methoxy groups -OCH3 is 2. The summed E-state index contributed by atoms with van der Waals surface area (Å²) in [5.74, 6) is 1.48. The van der Waals surface area contributed by atoms with E-state index in [1.54, 1.807) is 14.2 Å². The summed E-state index contributed by atoms with van der Waals surface area (Å²) in [6.45, 7) is 6.59. The number of halogens is 3. The third kappa shape index (κ3) is 7.03. The van der Waals surface area contributed by atoms with Gasteiger partial charge in [0.2, 0.25) is 0 Å². The average molecular weight is 432 g/mol. The predicted octanol–water partition coefficient (Wildman–Crippen LogP) is 2.73. The molecule has 0 saturated carbocycles. The van der Waals surface area contributed by atoms with E-state index in [0.29, 0.717) is 0 Å². The van der Waals surface area contributed by atoms with Gasteiger partial charge in [0, 0.05) is 32.7 Å². The smallest absolute Gasteiger partial charge is 0.174 e. The van der Waals surface area contributed by atoms with E-state index in [1.807, 2.05) is 6.07 Å². The van der Waals surface area contributed by atoms with Crippen molar-refractivity contribution in [1.82, 2.24) is 10.2 Å². The van der Waals surface area contributed by atoms with E-state index in [0.717, 1.165) is 61.9 Å². The summed E-state index contributed by atoms with van der Waals surface area (Å²) in [5.41, 5.74) is 1.17. The van der Waals surface area contributed by atoms with E-state index in [2.05, 4.69) is 32.2 Å². The number of ether oxygens (including phenoxy) is 3. The lowest BCUT2D eigenvalue weighted by Gasteiger charge is -2.26. The largest absolute Gasteiger partial charge is 0.493 e. The molecule has 2 rings (SSSR count). The van der Waals surface area contributed by atoms with Crippen molar-refractivity contribution >= 4 is 40.7 Å². The van der Waals surface area contributed by atoms with E-state index < -0.39 is 0 Å². The Balaban J connectivity index is 0.00000242. The number of hydrogen-bond donors (Lipinski definition) is 1. The highest BCUT2D eigenvalue weighted by Gasteiger charge is 2.11. The Morgan fingerprint density at radius 1 is 1.17 bits per heavy atom.